The summed E-state index contributed by atoms with van der Waals surface area (Å²) in [5.74, 6) is -0.768. The van der Waals surface area contributed by atoms with E-state index >= 15 is 0 Å². The van der Waals surface area contributed by atoms with Gasteiger partial charge in [-0.15, -0.1) is 0 Å². The highest BCUT2D eigenvalue weighted by Crippen LogP contribution is 2.41. The Bertz CT molecular complexity index is 1010. The number of carbonyl (C=O) groups is 1. The first-order chi connectivity index (χ1) is 12.3. The summed E-state index contributed by atoms with van der Waals surface area (Å²) in [7, 11) is 0. The van der Waals surface area contributed by atoms with Gasteiger partial charge in [0.2, 0.25) is 0 Å². The number of aromatic amines is 1. The van der Waals surface area contributed by atoms with Crippen LogP contribution in [0.15, 0.2) is 24.3 Å². The molecule has 0 saturated heterocycles. The highest BCUT2D eigenvalue weighted by atomic mass is 35.5. The van der Waals surface area contributed by atoms with Crippen molar-refractivity contribution >= 4 is 63.3 Å². The zero-order valence-electron chi connectivity index (χ0n) is 13.5. The molecule has 4 nitrogen and oxygen atoms in total. The van der Waals surface area contributed by atoms with Crippen LogP contribution in [-0.2, 0) is 11.2 Å². The van der Waals surface area contributed by atoms with Gasteiger partial charge < -0.3 is 14.8 Å². The number of hydrogen-bond acceptors (Lipinski definition) is 3. The van der Waals surface area contributed by atoms with Crippen LogP contribution in [0.2, 0.25) is 20.1 Å². The number of aromatic nitrogens is 1. The van der Waals surface area contributed by atoms with Gasteiger partial charge >= 0.3 is 5.97 Å². The molecule has 1 heterocycles. The Labute approximate surface area is 169 Å². The van der Waals surface area contributed by atoms with Crippen LogP contribution >= 0.6 is 46.4 Å². The van der Waals surface area contributed by atoms with E-state index in [-0.39, 0.29) is 28.1 Å². The second-order valence-electron chi connectivity index (χ2n) is 5.57. The minimum atomic E-state index is -0.523. The molecule has 1 aromatic heterocycles. The maximum atomic E-state index is 12.4. The molecule has 0 spiro atoms. The molecule has 0 fully saturated rings. The fourth-order valence-corrected chi connectivity index (χ4v) is 3.64. The molecule has 0 aliphatic carbocycles. The average molecular weight is 433 g/mol. The number of esters is 1. The van der Waals surface area contributed by atoms with Crippen molar-refractivity contribution in [2.24, 2.45) is 0 Å². The van der Waals surface area contributed by atoms with Gasteiger partial charge in [0.25, 0.3) is 0 Å². The van der Waals surface area contributed by atoms with Crippen molar-refractivity contribution in [1.82, 2.24) is 4.98 Å². The Hall–Kier alpha value is -1.59. The maximum absolute atomic E-state index is 12.4. The maximum Gasteiger partial charge on any atom is 0.355 e. The molecule has 2 N–H and O–H groups in total. The number of H-pyrrole nitrogens is 1. The number of hydrogen-bond donors (Lipinski definition) is 2. The lowest BCUT2D eigenvalue weighted by Gasteiger charge is -2.08. The molecule has 2 aromatic carbocycles. The monoisotopic (exact) mass is 431 g/mol. The van der Waals surface area contributed by atoms with Crippen molar-refractivity contribution in [2.45, 2.75) is 13.3 Å². The molecular formula is C18H13Cl4NO3. The van der Waals surface area contributed by atoms with Crippen LogP contribution in [0.25, 0.3) is 10.9 Å². The SMILES string of the molecule is CCOC(=O)c1[nH]c2cc(Cl)c(O)c(Cl)c2c1Cc1ccc(Cl)c(Cl)c1. The summed E-state index contributed by atoms with van der Waals surface area (Å²) in [5.41, 5.74) is 2.16. The molecule has 0 aliphatic rings. The third-order valence-electron chi connectivity index (χ3n) is 3.90. The molecule has 0 radical (unpaired) electrons. The summed E-state index contributed by atoms with van der Waals surface area (Å²) in [6.07, 6.45) is 0.325. The Morgan fingerprint density at radius 1 is 1.12 bits per heavy atom. The van der Waals surface area contributed by atoms with Gasteiger partial charge in [0.1, 0.15) is 5.69 Å². The number of carbonyl (C=O) groups excluding carboxylic acids is 1. The Balaban J connectivity index is 2.22. The summed E-state index contributed by atoms with van der Waals surface area (Å²) < 4.78 is 5.12. The van der Waals surface area contributed by atoms with E-state index in [1.807, 2.05) is 0 Å². The molecule has 3 aromatic rings. The number of phenolic OH excluding ortho intramolecular Hbond substituents is 1. The summed E-state index contributed by atoms with van der Waals surface area (Å²) in [4.78, 5) is 15.4. The Morgan fingerprint density at radius 3 is 2.50 bits per heavy atom. The summed E-state index contributed by atoms with van der Waals surface area (Å²) >= 11 is 24.3. The van der Waals surface area contributed by atoms with Crippen LogP contribution in [0, 0.1) is 0 Å². The minimum Gasteiger partial charge on any atom is -0.505 e. The zero-order chi connectivity index (χ0) is 19.0. The number of benzene rings is 2. The number of halogens is 4. The van der Waals surface area contributed by atoms with E-state index in [2.05, 4.69) is 4.98 Å². The van der Waals surface area contributed by atoms with E-state index in [1.165, 1.54) is 6.07 Å². The molecule has 0 saturated carbocycles. The predicted octanol–water partition coefficient (Wildman–Crippen LogP) is 6.25. The first-order valence-electron chi connectivity index (χ1n) is 7.66. The molecule has 0 atom stereocenters. The molecule has 8 heteroatoms. The zero-order valence-corrected chi connectivity index (χ0v) is 16.5. The summed E-state index contributed by atoms with van der Waals surface area (Å²) in [6, 6.07) is 6.69. The Kier molecular flexibility index (Phi) is 5.58. The van der Waals surface area contributed by atoms with Crippen molar-refractivity contribution in [2.75, 3.05) is 6.61 Å². The van der Waals surface area contributed by atoms with Gasteiger partial charge in [-0.05, 0) is 36.2 Å². The Morgan fingerprint density at radius 2 is 1.85 bits per heavy atom. The number of fused-ring (bicyclic) bond motifs is 1. The molecule has 0 aliphatic heterocycles. The topological polar surface area (TPSA) is 62.3 Å². The average Bonchev–Trinajstić information content (AvgIpc) is 2.94. The quantitative estimate of drug-likeness (QED) is 0.478. The molecule has 136 valence electrons. The van der Waals surface area contributed by atoms with Gasteiger partial charge in [0.15, 0.2) is 5.75 Å². The third-order valence-corrected chi connectivity index (χ3v) is 5.30. The van der Waals surface area contributed by atoms with Gasteiger partial charge in [0, 0.05) is 17.3 Å². The van der Waals surface area contributed by atoms with Crippen molar-refractivity contribution in [3.63, 3.8) is 0 Å². The summed E-state index contributed by atoms with van der Waals surface area (Å²) in [5, 5.41) is 11.6. The van der Waals surface area contributed by atoms with E-state index in [0.29, 0.717) is 32.9 Å². The number of phenols is 1. The third kappa shape index (κ3) is 3.47. The standard InChI is InChI=1S/C18H13Cl4NO3/c1-2-26-18(25)16-9(5-8-3-4-10(19)11(20)6-8)14-13(23-16)7-12(21)17(24)15(14)22/h3-4,6-7,23-24H,2,5H2,1H3. The molecule has 0 amide bonds. The molecule has 0 bridgehead atoms. The first kappa shape index (κ1) is 19.2. The van der Waals surface area contributed by atoms with E-state index in [9.17, 15) is 9.90 Å². The van der Waals surface area contributed by atoms with Crippen LogP contribution in [0.1, 0.15) is 28.5 Å². The lowest BCUT2D eigenvalue weighted by Crippen LogP contribution is -2.08. The lowest BCUT2D eigenvalue weighted by molar-refractivity contribution is 0.0519. The van der Waals surface area contributed by atoms with Crippen LogP contribution in [0.5, 0.6) is 5.75 Å². The van der Waals surface area contributed by atoms with E-state index in [4.69, 9.17) is 51.1 Å². The molecule has 3 rings (SSSR count). The largest absolute Gasteiger partial charge is 0.505 e. The molecular weight excluding hydrogens is 420 g/mol. The fraction of sp³-hybridized carbons (Fsp3) is 0.167. The van der Waals surface area contributed by atoms with Gasteiger partial charge in [-0.3, -0.25) is 0 Å². The van der Waals surface area contributed by atoms with E-state index in [0.717, 1.165) is 5.56 Å². The lowest BCUT2D eigenvalue weighted by atomic mass is 10.0. The smallest absolute Gasteiger partial charge is 0.355 e. The fourth-order valence-electron chi connectivity index (χ4n) is 2.75. The number of rotatable bonds is 4. The summed E-state index contributed by atoms with van der Waals surface area (Å²) in [6.45, 7) is 1.94. The van der Waals surface area contributed by atoms with E-state index < -0.39 is 5.97 Å². The number of ether oxygens (including phenoxy) is 1. The van der Waals surface area contributed by atoms with Crippen LogP contribution in [0.3, 0.4) is 0 Å². The van der Waals surface area contributed by atoms with Crippen LogP contribution < -0.4 is 0 Å². The van der Waals surface area contributed by atoms with Crippen LogP contribution in [-0.4, -0.2) is 22.7 Å². The normalized spacial score (nSPS) is 11.1. The molecule has 26 heavy (non-hydrogen) atoms. The van der Waals surface area contributed by atoms with Gasteiger partial charge in [-0.1, -0.05) is 52.5 Å². The second kappa shape index (κ2) is 7.57. The van der Waals surface area contributed by atoms with Crippen LogP contribution in [0.4, 0.5) is 0 Å². The van der Waals surface area contributed by atoms with Gasteiger partial charge in [0.05, 0.1) is 26.7 Å². The van der Waals surface area contributed by atoms with E-state index in [1.54, 1.807) is 25.1 Å². The van der Waals surface area contributed by atoms with Crippen molar-refractivity contribution in [3.05, 3.63) is 61.2 Å². The van der Waals surface area contributed by atoms with Gasteiger partial charge in [-0.2, -0.15) is 0 Å². The number of nitrogens with one attached hydrogen (secondary N) is 1. The van der Waals surface area contributed by atoms with Crippen molar-refractivity contribution in [1.29, 1.82) is 0 Å². The minimum absolute atomic E-state index is 0.0642. The predicted molar refractivity (Wildman–Crippen MR) is 105 cm³/mol. The van der Waals surface area contributed by atoms with Crippen molar-refractivity contribution in [3.8, 4) is 5.75 Å². The van der Waals surface area contributed by atoms with Gasteiger partial charge in [-0.25, -0.2) is 4.79 Å². The molecule has 0 unspecified atom stereocenters. The van der Waals surface area contributed by atoms with Crippen molar-refractivity contribution < 1.29 is 14.6 Å². The highest BCUT2D eigenvalue weighted by molar-refractivity contribution is 6.42. The number of aromatic hydroxyl groups is 1. The highest BCUT2D eigenvalue weighted by Gasteiger charge is 2.23. The second-order valence-corrected chi connectivity index (χ2v) is 7.17. The first-order valence-corrected chi connectivity index (χ1v) is 9.17.